The summed E-state index contributed by atoms with van der Waals surface area (Å²) in [7, 11) is 1.58. The highest BCUT2D eigenvalue weighted by Crippen LogP contribution is 2.66. The maximum absolute atomic E-state index is 13.8. The average molecular weight is 413 g/mol. The summed E-state index contributed by atoms with van der Waals surface area (Å²) in [6, 6.07) is 0. The lowest BCUT2D eigenvalue weighted by molar-refractivity contribution is -0.229. The summed E-state index contributed by atoms with van der Waals surface area (Å²) in [6.07, 6.45) is 4.18. The highest BCUT2D eigenvalue weighted by atomic mass is 19.4. The number of hydrogen-bond acceptors (Lipinski definition) is 2. The SMILES string of the molecule is C=C[C@]1(C(F)(F)F)CC[C@@H]2C3CC[C@]4(C)[C@@H](C(=O)COC)CC[C@H]4[C@@H]3CC[C@@H]2C1. The predicted molar refractivity (Wildman–Crippen MR) is 106 cm³/mol. The number of carbonyl (C=O) groups is 1. The Morgan fingerprint density at radius 2 is 1.79 bits per heavy atom. The molecule has 0 aliphatic heterocycles. The van der Waals surface area contributed by atoms with Crippen LogP contribution in [0.1, 0.15) is 64.7 Å². The first-order chi connectivity index (χ1) is 13.7. The number of ether oxygens (including phenoxy) is 1. The normalized spacial score (nSPS) is 47.1. The fourth-order valence-corrected chi connectivity index (χ4v) is 8.26. The quantitative estimate of drug-likeness (QED) is 0.514. The highest BCUT2D eigenvalue weighted by Gasteiger charge is 2.61. The fourth-order valence-electron chi connectivity index (χ4n) is 8.26. The number of rotatable bonds is 4. The Balaban J connectivity index is 1.51. The van der Waals surface area contributed by atoms with Gasteiger partial charge < -0.3 is 4.74 Å². The van der Waals surface area contributed by atoms with E-state index in [-0.39, 0.29) is 42.5 Å². The molecule has 29 heavy (non-hydrogen) atoms. The second-order valence-corrected chi connectivity index (χ2v) is 10.6. The van der Waals surface area contributed by atoms with Crippen molar-refractivity contribution < 1.29 is 22.7 Å². The standard InChI is InChI=1S/C24H35F3O2/c1-4-23(24(25,26)27)12-10-16-15(13-23)5-6-18-17(16)9-11-22(2)19(18)7-8-20(22)21(28)14-29-3/h4,15-20H,1,5-14H2,2-3H3/t15-,16+,17?,18-,19+,20-,22+,23+/m1/s1. The Kier molecular flexibility index (Phi) is 5.45. The van der Waals surface area contributed by atoms with Crippen molar-refractivity contribution in [2.24, 2.45) is 46.3 Å². The van der Waals surface area contributed by atoms with Gasteiger partial charge in [-0.25, -0.2) is 0 Å². The number of fused-ring (bicyclic) bond motifs is 5. The first kappa shape index (κ1) is 21.4. The van der Waals surface area contributed by atoms with E-state index in [2.05, 4.69) is 13.5 Å². The van der Waals surface area contributed by atoms with Gasteiger partial charge in [0.2, 0.25) is 0 Å². The van der Waals surface area contributed by atoms with Crippen molar-refractivity contribution in [2.75, 3.05) is 13.7 Å². The van der Waals surface area contributed by atoms with Gasteiger partial charge in [-0.1, -0.05) is 13.0 Å². The van der Waals surface area contributed by atoms with E-state index in [1.54, 1.807) is 7.11 Å². The summed E-state index contributed by atoms with van der Waals surface area (Å²) in [6.45, 7) is 6.08. The molecule has 4 rings (SSSR count). The summed E-state index contributed by atoms with van der Waals surface area (Å²) >= 11 is 0. The number of ketones is 1. The highest BCUT2D eigenvalue weighted by molar-refractivity contribution is 5.83. The molecule has 0 bridgehead atoms. The minimum absolute atomic E-state index is 0.0507. The molecule has 0 spiro atoms. The van der Waals surface area contributed by atoms with E-state index in [4.69, 9.17) is 4.74 Å². The van der Waals surface area contributed by atoms with Gasteiger partial charge in [0.15, 0.2) is 5.78 Å². The molecule has 5 heteroatoms. The molecule has 164 valence electrons. The van der Waals surface area contributed by atoms with Crippen LogP contribution in [0.3, 0.4) is 0 Å². The number of halogens is 3. The summed E-state index contributed by atoms with van der Waals surface area (Å²) < 4.78 is 46.5. The molecule has 0 aromatic carbocycles. The zero-order valence-corrected chi connectivity index (χ0v) is 17.8. The summed E-state index contributed by atoms with van der Waals surface area (Å²) in [5.41, 5.74) is -1.63. The van der Waals surface area contributed by atoms with Gasteiger partial charge in [0.25, 0.3) is 0 Å². The van der Waals surface area contributed by atoms with Crippen molar-refractivity contribution >= 4 is 5.78 Å². The Morgan fingerprint density at radius 1 is 1.07 bits per heavy atom. The zero-order valence-electron chi connectivity index (χ0n) is 17.8. The third-order valence-corrected chi connectivity index (χ3v) is 9.70. The van der Waals surface area contributed by atoms with Crippen molar-refractivity contribution in [2.45, 2.75) is 70.9 Å². The molecule has 4 fully saturated rings. The largest absolute Gasteiger partial charge is 0.397 e. The van der Waals surface area contributed by atoms with E-state index in [1.165, 1.54) is 6.08 Å². The average Bonchev–Trinajstić information content (AvgIpc) is 3.03. The van der Waals surface area contributed by atoms with Gasteiger partial charge in [-0.05, 0) is 92.8 Å². The maximum atomic E-state index is 13.8. The van der Waals surface area contributed by atoms with Crippen LogP contribution < -0.4 is 0 Å². The van der Waals surface area contributed by atoms with Crippen molar-refractivity contribution in [1.82, 2.24) is 0 Å². The molecule has 0 amide bonds. The Morgan fingerprint density at radius 3 is 2.45 bits per heavy atom. The van der Waals surface area contributed by atoms with E-state index in [0.717, 1.165) is 38.5 Å². The number of Topliss-reactive ketones (excluding diaryl/α,β-unsaturated/α-hetero) is 1. The van der Waals surface area contributed by atoms with Gasteiger partial charge in [0.1, 0.15) is 6.61 Å². The third kappa shape index (κ3) is 3.21. The van der Waals surface area contributed by atoms with E-state index >= 15 is 0 Å². The van der Waals surface area contributed by atoms with Gasteiger partial charge in [0.05, 0.1) is 5.41 Å². The lowest BCUT2D eigenvalue weighted by Gasteiger charge is -2.57. The van der Waals surface area contributed by atoms with Crippen LogP contribution in [0.15, 0.2) is 12.7 Å². The van der Waals surface area contributed by atoms with Crippen molar-refractivity contribution in [3.63, 3.8) is 0 Å². The van der Waals surface area contributed by atoms with Crippen LogP contribution in [-0.2, 0) is 9.53 Å². The molecule has 2 nitrogen and oxygen atoms in total. The van der Waals surface area contributed by atoms with Gasteiger partial charge in [-0.3, -0.25) is 4.79 Å². The molecule has 4 saturated carbocycles. The summed E-state index contributed by atoms with van der Waals surface area (Å²) in [4.78, 5) is 12.7. The lowest BCUT2D eigenvalue weighted by atomic mass is 9.48. The van der Waals surface area contributed by atoms with Crippen molar-refractivity contribution in [1.29, 1.82) is 0 Å². The van der Waals surface area contributed by atoms with Gasteiger partial charge in [0, 0.05) is 13.0 Å². The fraction of sp³-hybridized carbons (Fsp3) is 0.875. The first-order valence-electron chi connectivity index (χ1n) is 11.4. The second-order valence-electron chi connectivity index (χ2n) is 10.6. The van der Waals surface area contributed by atoms with Crippen LogP contribution in [-0.4, -0.2) is 25.7 Å². The van der Waals surface area contributed by atoms with Crippen molar-refractivity contribution in [3.05, 3.63) is 12.7 Å². The molecular formula is C24H35F3O2. The molecule has 0 radical (unpaired) electrons. The van der Waals surface area contributed by atoms with Crippen LogP contribution in [0.5, 0.6) is 0 Å². The summed E-state index contributed by atoms with van der Waals surface area (Å²) in [5, 5.41) is 0. The topological polar surface area (TPSA) is 26.3 Å². The molecule has 0 N–H and O–H groups in total. The van der Waals surface area contributed by atoms with E-state index < -0.39 is 11.6 Å². The molecule has 0 aromatic heterocycles. The van der Waals surface area contributed by atoms with E-state index in [9.17, 15) is 18.0 Å². The lowest BCUT2D eigenvalue weighted by Crippen LogP contribution is -2.52. The van der Waals surface area contributed by atoms with E-state index in [1.807, 2.05) is 0 Å². The van der Waals surface area contributed by atoms with Gasteiger partial charge in [-0.15, -0.1) is 6.58 Å². The van der Waals surface area contributed by atoms with E-state index in [0.29, 0.717) is 30.1 Å². The molecule has 4 aliphatic rings. The van der Waals surface area contributed by atoms with Crippen LogP contribution >= 0.6 is 0 Å². The summed E-state index contributed by atoms with van der Waals surface area (Å²) in [5.74, 6) is 2.58. The Labute approximate surface area is 172 Å². The number of carbonyl (C=O) groups excluding carboxylic acids is 1. The molecule has 8 atom stereocenters. The number of allylic oxidation sites excluding steroid dienone is 1. The van der Waals surface area contributed by atoms with Crippen LogP contribution in [0.4, 0.5) is 13.2 Å². The first-order valence-corrected chi connectivity index (χ1v) is 11.4. The number of alkyl halides is 3. The van der Waals surface area contributed by atoms with Crippen LogP contribution in [0.25, 0.3) is 0 Å². The molecule has 0 aromatic rings. The Hall–Kier alpha value is -0.840. The predicted octanol–water partition coefficient (Wildman–Crippen LogP) is 6.21. The minimum atomic E-state index is -4.19. The second kappa shape index (κ2) is 7.39. The van der Waals surface area contributed by atoms with Crippen LogP contribution in [0, 0.1) is 46.3 Å². The zero-order chi connectivity index (χ0) is 21.0. The third-order valence-electron chi connectivity index (χ3n) is 9.70. The van der Waals surface area contributed by atoms with Gasteiger partial charge >= 0.3 is 6.18 Å². The number of methoxy groups -OCH3 is 1. The van der Waals surface area contributed by atoms with Crippen molar-refractivity contribution in [3.8, 4) is 0 Å². The molecule has 0 heterocycles. The smallest absolute Gasteiger partial charge is 0.377 e. The molecular weight excluding hydrogens is 377 g/mol. The maximum Gasteiger partial charge on any atom is 0.397 e. The molecule has 0 saturated heterocycles. The minimum Gasteiger partial charge on any atom is -0.377 e. The monoisotopic (exact) mass is 412 g/mol. The van der Waals surface area contributed by atoms with Crippen LogP contribution in [0.2, 0.25) is 0 Å². The molecule has 1 unspecified atom stereocenters. The van der Waals surface area contributed by atoms with Gasteiger partial charge in [-0.2, -0.15) is 13.2 Å². The Bertz CT molecular complexity index is 659. The number of hydrogen-bond donors (Lipinski definition) is 0. The molecule has 4 aliphatic carbocycles.